The highest BCUT2D eigenvalue weighted by Gasteiger charge is 2.03. The maximum Gasteiger partial charge on any atom is 0.397 e. The Morgan fingerprint density at radius 1 is 0.260 bits per heavy atom. The minimum Gasteiger partial charge on any atom is -0.394 e. The van der Waals surface area contributed by atoms with Crippen molar-refractivity contribution in [1.29, 1.82) is 0 Å². The van der Waals surface area contributed by atoms with Gasteiger partial charge in [0.2, 0.25) is 0 Å². The molecular weight excluding hydrogens is 696 g/mol. The summed E-state index contributed by atoms with van der Waals surface area (Å²) in [6.07, 6.45) is 0. The van der Waals surface area contributed by atoms with Crippen LogP contribution in [0.4, 0.5) is 0 Å². The van der Waals surface area contributed by atoms with Crippen LogP contribution in [0.25, 0.3) is 0 Å². The molecule has 0 atom stereocenters. The SMILES string of the molecule is O=S(=O)(O)OCCOCCOCCOCCOCCOCCOCCOCCOCCOCCOCCOCCOCCOCCOCCO. The first kappa shape index (κ1) is 49.3. The van der Waals surface area contributed by atoms with Crippen molar-refractivity contribution in [3.63, 3.8) is 0 Å². The van der Waals surface area contributed by atoms with Gasteiger partial charge < -0.3 is 71.4 Å². The first-order valence-corrected chi connectivity index (χ1v) is 18.2. The summed E-state index contributed by atoms with van der Waals surface area (Å²) < 4.78 is 108. The fraction of sp³-hybridized carbons (Fsp3) is 1.00. The lowest BCUT2D eigenvalue weighted by Gasteiger charge is -2.09. The van der Waals surface area contributed by atoms with Crippen LogP contribution >= 0.6 is 0 Å². The molecular formula is C30H62O19S. The fourth-order valence-corrected chi connectivity index (χ4v) is 3.50. The van der Waals surface area contributed by atoms with Crippen molar-refractivity contribution >= 4 is 10.4 Å². The Morgan fingerprint density at radius 2 is 0.400 bits per heavy atom. The lowest BCUT2D eigenvalue weighted by Crippen LogP contribution is -2.16. The van der Waals surface area contributed by atoms with Crippen LogP contribution in [0.2, 0.25) is 0 Å². The quantitative estimate of drug-likeness (QED) is 0.0565. The Bertz CT molecular complexity index is 737. The smallest absolute Gasteiger partial charge is 0.394 e. The van der Waals surface area contributed by atoms with Crippen LogP contribution < -0.4 is 0 Å². The highest BCUT2D eigenvalue weighted by Crippen LogP contribution is 1.89. The highest BCUT2D eigenvalue weighted by atomic mass is 32.3. The van der Waals surface area contributed by atoms with Gasteiger partial charge in [-0.1, -0.05) is 0 Å². The summed E-state index contributed by atoms with van der Waals surface area (Å²) in [6, 6.07) is 0. The van der Waals surface area contributed by atoms with Gasteiger partial charge in [0.1, 0.15) is 0 Å². The van der Waals surface area contributed by atoms with Gasteiger partial charge in [0.05, 0.1) is 198 Å². The zero-order valence-corrected chi connectivity index (χ0v) is 30.3. The van der Waals surface area contributed by atoms with E-state index in [1.807, 2.05) is 0 Å². The van der Waals surface area contributed by atoms with Crippen molar-refractivity contribution in [3.8, 4) is 0 Å². The number of aliphatic hydroxyl groups is 1. The summed E-state index contributed by atoms with van der Waals surface area (Å²) in [5, 5.41) is 8.58. The van der Waals surface area contributed by atoms with E-state index in [1.165, 1.54) is 0 Å². The molecule has 0 aliphatic heterocycles. The summed E-state index contributed by atoms with van der Waals surface area (Å²) in [7, 11) is -4.43. The molecule has 0 unspecified atom stereocenters. The molecule has 0 fully saturated rings. The topological polar surface area (TPSA) is 213 Å². The molecule has 0 aromatic heterocycles. The predicted molar refractivity (Wildman–Crippen MR) is 176 cm³/mol. The Kier molecular flexibility index (Phi) is 42.1. The van der Waals surface area contributed by atoms with Crippen LogP contribution in [-0.2, 0) is 80.9 Å². The van der Waals surface area contributed by atoms with Gasteiger partial charge in [-0.3, -0.25) is 4.55 Å². The van der Waals surface area contributed by atoms with E-state index in [-0.39, 0.29) is 26.4 Å². The average molecular weight is 759 g/mol. The van der Waals surface area contributed by atoms with E-state index in [1.54, 1.807) is 0 Å². The van der Waals surface area contributed by atoms with Crippen LogP contribution in [-0.4, -0.2) is 216 Å². The van der Waals surface area contributed by atoms with Gasteiger partial charge in [-0.05, 0) is 0 Å². The molecule has 0 amide bonds. The Hall–Kier alpha value is -0.730. The molecule has 2 N–H and O–H groups in total. The summed E-state index contributed by atoms with van der Waals surface area (Å²) in [5.41, 5.74) is 0. The normalized spacial score (nSPS) is 12.0. The van der Waals surface area contributed by atoms with Crippen molar-refractivity contribution in [2.45, 2.75) is 0 Å². The lowest BCUT2D eigenvalue weighted by atomic mass is 10.6. The molecule has 0 aliphatic carbocycles. The van der Waals surface area contributed by atoms with Crippen molar-refractivity contribution in [2.24, 2.45) is 0 Å². The van der Waals surface area contributed by atoms with Gasteiger partial charge in [-0.15, -0.1) is 0 Å². The largest absolute Gasteiger partial charge is 0.397 e. The van der Waals surface area contributed by atoms with E-state index in [0.717, 1.165) is 0 Å². The zero-order chi connectivity index (χ0) is 36.3. The first-order chi connectivity index (χ1) is 24.6. The van der Waals surface area contributed by atoms with E-state index >= 15 is 0 Å². The van der Waals surface area contributed by atoms with E-state index in [0.29, 0.717) is 172 Å². The summed E-state index contributed by atoms with van der Waals surface area (Å²) in [4.78, 5) is 0. The molecule has 0 bridgehead atoms. The van der Waals surface area contributed by atoms with Gasteiger partial charge in [0.15, 0.2) is 0 Å². The molecule has 0 rings (SSSR count). The zero-order valence-electron chi connectivity index (χ0n) is 29.5. The van der Waals surface area contributed by atoms with Crippen molar-refractivity contribution in [2.75, 3.05) is 198 Å². The van der Waals surface area contributed by atoms with Crippen LogP contribution in [0, 0.1) is 0 Å². The molecule has 0 spiro atoms. The number of hydrogen-bond acceptors (Lipinski definition) is 18. The number of ether oxygens (including phenoxy) is 14. The molecule has 19 nitrogen and oxygen atoms in total. The molecule has 20 heteroatoms. The molecule has 0 aromatic carbocycles. The third-order valence-corrected chi connectivity index (χ3v) is 6.00. The molecule has 0 saturated heterocycles. The van der Waals surface area contributed by atoms with E-state index < -0.39 is 10.4 Å². The molecule has 50 heavy (non-hydrogen) atoms. The van der Waals surface area contributed by atoms with Gasteiger partial charge >= 0.3 is 10.4 Å². The van der Waals surface area contributed by atoms with Gasteiger partial charge in [-0.25, -0.2) is 4.18 Å². The second-order valence-electron chi connectivity index (χ2n) is 9.55. The molecule has 0 aromatic rings. The standard InChI is InChI=1S/C30H62O19S/c31-1-2-35-3-4-36-5-6-37-7-8-38-9-10-39-11-12-40-13-14-41-15-16-42-17-18-43-19-20-44-21-22-45-23-24-46-25-26-47-27-28-48-29-30-49-50(32,33)34/h31H,1-30H2,(H,32,33,34). The minimum atomic E-state index is -4.43. The van der Waals surface area contributed by atoms with Crippen molar-refractivity contribution in [1.82, 2.24) is 0 Å². The number of hydrogen-bond donors (Lipinski definition) is 2. The Balaban J connectivity index is 3.06. The first-order valence-electron chi connectivity index (χ1n) is 16.9. The van der Waals surface area contributed by atoms with E-state index in [2.05, 4.69) is 4.18 Å². The summed E-state index contributed by atoms with van der Waals surface area (Å²) >= 11 is 0. The molecule has 0 saturated carbocycles. The molecule has 0 aliphatic rings. The van der Waals surface area contributed by atoms with Gasteiger partial charge in [0.25, 0.3) is 0 Å². The maximum atomic E-state index is 10.3. The monoisotopic (exact) mass is 758 g/mol. The third-order valence-electron chi connectivity index (χ3n) is 5.53. The van der Waals surface area contributed by atoms with Crippen molar-refractivity contribution in [3.05, 3.63) is 0 Å². The van der Waals surface area contributed by atoms with E-state index in [9.17, 15) is 8.42 Å². The molecule has 0 radical (unpaired) electrons. The molecule has 0 heterocycles. The predicted octanol–water partition coefficient (Wildman–Crippen LogP) is -0.969. The van der Waals surface area contributed by atoms with Gasteiger partial charge in [0, 0.05) is 0 Å². The average Bonchev–Trinajstić information content (AvgIpc) is 3.09. The van der Waals surface area contributed by atoms with Crippen LogP contribution in [0.3, 0.4) is 0 Å². The van der Waals surface area contributed by atoms with E-state index in [4.69, 9.17) is 76.0 Å². The minimum absolute atomic E-state index is 0.0170. The third kappa shape index (κ3) is 47.3. The second kappa shape index (κ2) is 42.7. The summed E-state index contributed by atoms with van der Waals surface area (Å²) in [6.45, 7) is 12.0. The second-order valence-corrected chi connectivity index (χ2v) is 10.6. The number of aliphatic hydroxyl groups excluding tert-OH is 1. The Morgan fingerprint density at radius 3 is 0.540 bits per heavy atom. The maximum absolute atomic E-state index is 10.3. The Labute approximate surface area is 297 Å². The highest BCUT2D eigenvalue weighted by molar-refractivity contribution is 7.80. The van der Waals surface area contributed by atoms with Crippen LogP contribution in [0.1, 0.15) is 0 Å². The number of rotatable bonds is 45. The van der Waals surface area contributed by atoms with Gasteiger partial charge in [-0.2, -0.15) is 8.42 Å². The summed E-state index contributed by atoms with van der Waals surface area (Å²) in [5.74, 6) is 0. The lowest BCUT2D eigenvalue weighted by molar-refractivity contribution is -0.0298. The fourth-order valence-electron chi connectivity index (χ4n) is 3.22. The van der Waals surface area contributed by atoms with Crippen LogP contribution in [0.15, 0.2) is 0 Å². The van der Waals surface area contributed by atoms with Crippen LogP contribution in [0.5, 0.6) is 0 Å². The van der Waals surface area contributed by atoms with Crippen molar-refractivity contribution < 1.29 is 88.6 Å². The molecule has 302 valence electrons.